The van der Waals surface area contributed by atoms with E-state index in [-0.39, 0.29) is 6.10 Å². The number of nitrogens with zero attached hydrogens (tertiary/aromatic N) is 2. The zero-order chi connectivity index (χ0) is 15.4. The summed E-state index contributed by atoms with van der Waals surface area (Å²) < 4.78 is 5.83. The first-order valence-corrected chi connectivity index (χ1v) is 8.01. The van der Waals surface area contributed by atoms with Crippen molar-refractivity contribution in [2.45, 2.75) is 32.4 Å². The van der Waals surface area contributed by atoms with Crippen molar-refractivity contribution < 1.29 is 4.74 Å². The lowest BCUT2D eigenvalue weighted by Gasteiger charge is -2.26. The molecule has 0 amide bonds. The van der Waals surface area contributed by atoms with Crippen LogP contribution in [-0.2, 0) is 4.74 Å². The SMILES string of the molecule is CC(C)C(NC[C@@H]1CCO[C@@H]1c1ncn[nH]1)c1ccccc1. The van der Waals surface area contributed by atoms with Crippen LogP contribution >= 0.6 is 0 Å². The summed E-state index contributed by atoms with van der Waals surface area (Å²) in [6.45, 7) is 6.21. The van der Waals surface area contributed by atoms with Gasteiger partial charge in [-0.05, 0) is 17.9 Å². The molecule has 1 aromatic carbocycles. The molecule has 1 unspecified atom stereocenters. The molecule has 5 nitrogen and oxygen atoms in total. The van der Waals surface area contributed by atoms with Gasteiger partial charge in [0, 0.05) is 25.1 Å². The van der Waals surface area contributed by atoms with Gasteiger partial charge in [-0.25, -0.2) is 4.98 Å². The van der Waals surface area contributed by atoms with Crippen LogP contribution in [0, 0.1) is 11.8 Å². The Morgan fingerprint density at radius 1 is 1.32 bits per heavy atom. The van der Waals surface area contributed by atoms with E-state index in [1.54, 1.807) is 6.33 Å². The Morgan fingerprint density at radius 2 is 2.14 bits per heavy atom. The van der Waals surface area contributed by atoms with Crippen molar-refractivity contribution in [3.05, 3.63) is 48.0 Å². The fourth-order valence-corrected chi connectivity index (χ4v) is 3.17. The van der Waals surface area contributed by atoms with Gasteiger partial charge in [0.2, 0.25) is 0 Å². The number of H-pyrrole nitrogens is 1. The number of rotatable bonds is 6. The molecule has 0 spiro atoms. The van der Waals surface area contributed by atoms with Crippen LogP contribution in [0.15, 0.2) is 36.7 Å². The van der Waals surface area contributed by atoms with Crippen LogP contribution in [0.2, 0.25) is 0 Å². The quantitative estimate of drug-likeness (QED) is 0.861. The molecular weight excluding hydrogens is 276 g/mol. The van der Waals surface area contributed by atoms with Crippen LogP contribution in [0.3, 0.4) is 0 Å². The molecule has 1 aliphatic rings. The van der Waals surface area contributed by atoms with Crippen molar-refractivity contribution in [1.29, 1.82) is 0 Å². The monoisotopic (exact) mass is 300 g/mol. The Bertz CT molecular complexity index is 555. The molecule has 3 atom stereocenters. The number of ether oxygens (including phenoxy) is 1. The van der Waals surface area contributed by atoms with E-state index in [2.05, 4.69) is 64.7 Å². The van der Waals surface area contributed by atoms with Gasteiger partial charge in [-0.3, -0.25) is 5.10 Å². The topological polar surface area (TPSA) is 62.8 Å². The molecule has 1 aliphatic heterocycles. The van der Waals surface area contributed by atoms with Crippen molar-refractivity contribution in [2.24, 2.45) is 11.8 Å². The van der Waals surface area contributed by atoms with Crippen LogP contribution in [-0.4, -0.2) is 28.3 Å². The largest absolute Gasteiger partial charge is 0.370 e. The summed E-state index contributed by atoms with van der Waals surface area (Å²) in [6.07, 6.45) is 2.62. The van der Waals surface area contributed by atoms with Crippen molar-refractivity contribution in [3.8, 4) is 0 Å². The van der Waals surface area contributed by atoms with Crippen molar-refractivity contribution in [2.75, 3.05) is 13.2 Å². The van der Waals surface area contributed by atoms with Gasteiger partial charge in [-0.2, -0.15) is 5.10 Å². The number of benzene rings is 1. The van der Waals surface area contributed by atoms with E-state index in [1.165, 1.54) is 5.56 Å². The maximum absolute atomic E-state index is 5.83. The Labute approximate surface area is 131 Å². The maximum atomic E-state index is 5.83. The molecule has 2 heterocycles. The van der Waals surface area contributed by atoms with E-state index in [0.717, 1.165) is 25.4 Å². The first-order valence-electron chi connectivity index (χ1n) is 8.01. The highest BCUT2D eigenvalue weighted by molar-refractivity contribution is 5.19. The lowest BCUT2D eigenvalue weighted by Crippen LogP contribution is -2.31. The molecule has 118 valence electrons. The fraction of sp³-hybridized carbons (Fsp3) is 0.529. The van der Waals surface area contributed by atoms with Gasteiger partial charge >= 0.3 is 0 Å². The van der Waals surface area contributed by atoms with Crippen LogP contribution < -0.4 is 5.32 Å². The normalized spacial score (nSPS) is 23.0. The second kappa shape index (κ2) is 7.03. The molecule has 5 heteroatoms. The molecule has 0 radical (unpaired) electrons. The van der Waals surface area contributed by atoms with Crippen LogP contribution in [0.1, 0.15) is 43.8 Å². The second-order valence-corrected chi connectivity index (χ2v) is 6.25. The number of aromatic amines is 1. The Morgan fingerprint density at radius 3 is 2.82 bits per heavy atom. The predicted molar refractivity (Wildman–Crippen MR) is 85.2 cm³/mol. The summed E-state index contributed by atoms with van der Waals surface area (Å²) in [5.41, 5.74) is 1.34. The maximum Gasteiger partial charge on any atom is 0.153 e. The van der Waals surface area contributed by atoms with E-state index in [4.69, 9.17) is 4.74 Å². The molecule has 22 heavy (non-hydrogen) atoms. The molecule has 1 aromatic heterocycles. The summed E-state index contributed by atoms with van der Waals surface area (Å²) in [5, 5.41) is 10.6. The number of nitrogens with one attached hydrogen (secondary N) is 2. The van der Waals surface area contributed by atoms with Crippen molar-refractivity contribution in [3.63, 3.8) is 0 Å². The van der Waals surface area contributed by atoms with E-state index in [1.807, 2.05) is 0 Å². The van der Waals surface area contributed by atoms with Crippen LogP contribution in [0.5, 0.6) is 0 Å². The van der Waals surface area contributed by atoms with Gasteiger partial charge in [0.05, 0.1) is 0 Å². The highest BCUT2D eigenvalue weighted by atomic mass is 16.5. The Kier molecular flexibility index (Phi) is 4.85. The van der Waals surface area contributed by atoms with Gasteiger partial charge < -0.3 is 10.1 Å². The molecular formula is C17H24N4O. The zero-order valence-corrected chi connectivity index (χ0v) is 13.2. The molecule has 3 rings (SSSR count). The van der Waals surface area contributed by atoms with Crippen molar-refractivity contribution in [1.82, 2.24) is 20.5 Å². The third kappa shape index (κ3) is 3.36. The molecule has 0 saturated carbocycles. The van der Waals surface area contributed by atoms with Gasteiger partial charge in [-0.15, -0.1) is 0 Å². The first-order chi connectivity index (χ1) is 10.8. The third-order valence-corrected chi connectivity index (χ3v) is 4.34. The van der Waals surface area contributed by atoms with E-state index < -0.39 is 0 Å². The lowest BCUT2D eigenvalue weighted by molar-refractivity contribution is 0.0824. The van der Waals surface area contributed by atoms with Gasteiger partial charge in [-0.1, -0.05) is 44.2 Å². The molecule has 2 N–H and O–H groups in total. The number of hydrogen-bond donors (Lipinski definition) is 2. The van der Waals surface area contributed by atoms with Gasteiger partial charge in [0.25, 0.3) is 0 Å². The average molecular weight is 300 g/mol. The van der Waals surface area contributed by atoms with E-state index in [9.17, 15) is 0 Å². The summed E-state index contributed by atoms with van der Waals surface area (Å²) in [4.78, 5) is 4.25. The third-order valence-electron chi connectivity index (χ3n) is 4.34. The number of hydrogen-bond acceptors (Lipinski definition) is 4. The second-order valence-electron chi connectivity index (χ2n) is 6.25. The number of aromatic nitrogens is 3. The van der Waals surface area contributed by atoms with Crippen LogP contribution in [0.25, 0.3) is 0 Å². The Hall–Kier alpha value is -1.72. The smallest absolute Gasteiger partial charge is 0.153 e. The van der Waals surface area contributed by atoms with E-state index in [0.29, 0.717) is 17.9 Å². The molecule has 0 aliphatic carbocycles. The average Bonchev–Trinajstić information content (AvgIpc) is 3.19. The first kappa shape index (κ1) is 15.2. The zero-order valence-electron chi connectivity index (χ0n) is 13.2. The van der Waals surface area contributed by atoms with E-state index >= 15 is 0 Å². The summed E-state index contributed by atoms with van der Waals surface area (Å²) in [7, 11) is 0. The Balaban J connectivity index is 1.65. The minimum Gasteiger partial charge on any atom is -0.370 e. The summed E-state index contributed by atoms with van der Waals surface area (Å²) in [6, 6.07) is 11.0. The minimum atomic E-state index is 0.0265. The standard InChI is InChI=1S/C17H24N4O/c1-12(2)15(13-6-4-3-5-7-13)18-10-14-8-9-22-16(14)17-19-11-20-21-17/h3-7,11-12,14-16,18H,8-10H2,1-2H3,(H,19,20,21)/t14-,15?,16-/m0/s1. The van der Waals surface area contributed by atoms with Gasteiger partial charge in [0.15, 0.2) is 5.82 Å². The highest BCUT2D eigenvalue weighted by Crippen LogP contribution is 2.33. The molecule has 0 bridgehead atoms. The molecule has 1 saturated heterocycles. The predicted octanol–water partition coefficient (Wildman–Crippen LogP) is 2.87. The molecule has 2 aromatic rings. The molecule has 1 fully saturated rings. The lowest BCUT2D eigenvalue weighted by atomic mass is 9.94. The van der Waals surface area contributed by atoms with Crippen LogP contribution in [0.4, 0.5) is 0 Å². The summed E-state index contributed by atoms with van der Waals surface area (Å²) >= 11 is 0. The minimum absolute atomic E-state index is 0.0265. The summed E-state index contributed by atoms with van der Waals surface area (Å²) in [5.74, 6) is 1.80. The van der Waals surface area contributed by atoms with Gasteiger partial charge in [0.1, 0.15) is 12.4 Å². The van der Waals surface area contributed by atoms with Crippen molar-refractivity contribution >= 4 is 0 Å². The fourth-order valence-electron chi connectivity index (χ4n) is 3.17. The highest BCUT2D eigenvalue weighted by Gasteiger charge is 2.32.